The number of nitrogens with one attached hydrogen (secondary N) is 2. The zero-order chi connectivity index (χ0) is 19.8. The molecule has 1 aromatic heterocycles. The van der Waals surface area contributed by atoms with Gasteiger partial charge in [-0.1, -0.05) is 31.2 Å². The highest BCUT2D eigenvalue weighted by Gasteiger charge is 2.07. The predicted molar refractivity (Wildman–Crippen MR) is 110 cm³/mol. The number of hydrogen-bond acceptors (Lipinski definition) is 5. The maximum atomic E-state index is 12.1. The Balaban J connectivity index is 1.52. The molecule has 0 aliphatic heterocycles. The summed E-state index contributed by atoms with van der Waals surface area (Å²) in [5.74, 6) is 1.53. The summed E-state index contributed by atoms with van der Waals surface area (Å²) in [6, 6.07) is 19.0. The van der Waals surface area contributed by atoms with E-state index in [1.165, 1.54) is 5.56 Å². The molecule has 1 amide bonds. The molecule has 6 nitrogen and oxygen atoms in total. The van der Waals surface area contributed by atoms with E-state index in [1.807, 2.05) is 30.3 Å². The van der Waals surface area contributed by atoms with Crippen molar-refractivity contribution in [3.63, 3.8) is 0 Å². The van der Waals surface area contributed by atoms with E-state index in [0.29, 0.717) is 23.0 Å². The molecule has 0 bridgehead atoms. The van der Waals surface area contributed by atoms with Crippen LogP contribution >= 0.6 is 0 Å². The molecule has 6 heteroatoms. The summed E-state index contributed by atoms with van der Waals surface area (Å²) < 4.78 is 10.7. The maximum Gasteiger partial charge on any atom is 0.262 e. The molecule has 2 aromatic carbocycles. The standard InChI is InChI=1S/C22H23N3O3/c1-3-16-8-10-17(11-9-16)24-21-13-12-18(14-23-21)25-22(26)15-28-20-7-5-4-6-19(20)27-2/h4-14H,3,15H2,1-2H3,(H,23,24)(H,25,26). The minimum absolute atomic E-state index is 0.121. The number of para-hydroxylation sites is 2. The Bertz CT molecular complexity index is 909. The van der Waals surface area contributed by atoms with Crippen LogP contribution in [0.4, 0.5) is 17.2 Å². The highest BCUT2D eigenvalue weighted by molar-refractivity contribution is 5.91. The summed E-state index contributed by atoms with van der Waals surface area (Å²) in [6.45, 7) is 2.00. The van der Waals surface area contributed by atoms with Crippen LogP contribution in [0.3, 0.4) is 0 Å². The molecule has 0 radical (unpaired) electrons. The quantitative estimate of drug-likeness (QED) is 0.608. The second-order valence-electron chi connectivity index (χ2n) is 6.10. The van der Waals surface area contributed by atoms with Crippen LogP contribution in [0.5, 0.6) is 11.5 Å². The Morgan fingerprint density at radius 3 is 2.32 bits per heavy atom. The molecule has 3 aromatic rings. The molecule has 28 heavy (non-hydrogen) atoms. The second-order valence-corrected chi connectivity index (χ2v) is 6.10. The van der Waals surface area contributed by atoms with Gasteiger partial charge < -0.3 is 20.1 Å². The molecule has 1 heterocycles. The number of anilines is 3. The molecule has 0 fully saturated rings. The smallest absolute Gasteiger partial charge is 0.262 e. The normalized spacial score (nSPS) is 10.2. The van der Waals surface area contributed by atoms with Gasteiger partial charge in [-0.25, -0.2) is 4.98 Å². The molecule has 3 rings (SSSR count). The summed E-state index contributed by atoms with van der Waals surface area (Å²) in [4.78, 5) is 16.4. The van der Waals surface area contributed by atoms with Crippen molar-refractivity contribution in [1.29, 1.82) is 0 Å². The highest BCUT2D eigenvalue weighted by Crippen LogP contribution is 2.25. The van der Waals surface area contributed by atoms with Crippen LogP contribution < -0.4 is 20.1 Å². The van der Waals surface area contributed by atoms with Crippen LogP contribution in [-0.2, 0) is 11.2 Å². The lowest BCUT2D eigenvalue weighted by Crippen LogP contribution is -2.20. The Kier molecular flexibility index (Phi) is 6.46. The third kappa shape index (κ3) is 5.23. The van der Waals surface area contributed by atoms with Crippen molar-refractivity contribution < 1.29 is 14.3 Å². The summed E-state index contributed by atoms with van der Waals surface area (Å²) in [7, 11) is 1.56. The van der Waals surface area contributed by atoms with E-state index in [-0.39, 0.29) is 12.5 Å². The monoisotopic (exact) mass is 377 g/mol. The number of carbonyl (C=O) groups is 1. The van der Waals surface area contributed by atoms with Crippen LogP contribution in [0, 0.1) is 0 Å². The van der Waals surface area contributed by atoms with Crippen LogP contribution in [-0.4, -0.2) is 24.6 Å². The molecule has 0 atom stereocenters. The number of benzene rings is 2. The third-order valence-corrected chi connectivity index (χ3v) is 4.11. The molecular formula is C22H23N3O3. The molecule has 2 N–H and O–H groups in total. The van der Waals surface area contributed by atoms with Crippen molar-refractivity contribution >= 4 is 23.1 Å². The van der Waals surface area contributed by atoms with E-state index in [4.69, 9.17) is 9.47 Å². The zero-order valence-electron chi connectivity index (χ0n) is 15.9. The van der Waals surface area contributed by atoms with E-state index < -0.39 is 0 Å². The third-order valence-electron chi connectivity index (χ3n) is 4.11. The first-order chi connectivity index (χ1) is 13.7. The van der Waals surface area contributed by atoms with Gasteiger partial charge in [0.05, 0.1) is 19.0 Å². The largest absolute Gasteiger partial charge is 0.493 e. The Hall–Kier alpha value is -3.54. The molecule has 0 aliphatic rings. The van der Waals surface area contributed by atoms with E-state index in [2.05, 4.69) is 34.7 Å². The number of ether oxygens (including phenoxy) is 2. The van der Waals surface area contributed by atoms with Gasteiger partial charge in [-0.2, -0.15) is 0 Å². The fourth-order valence-electron chi connectivity index (χ4n) is 2.59. The average molecular weight is 377 g/mol. The first-order valence-corrected chi connectivity index (χ1v) is 9.05. The molecule has 0 saturated heterocycles. The number of rotatable bonds is 8. The van der Waals surface area contributed by atoms with Crippen molar-refractivity contribution in [3.8, 4) is 11.5 Å². The summed E-state index contributed by atoms with van der Waals surface area (Å²) in [6.07, 6.45) is 2.61. The van der Waals surface area contributed by atoms with Gasteiger partial charge in [-0.3, -0.25) is 4.79 Å². The van der Waals surface area contributed by atoms with Gasteiger partial charge in [-0.05, 0) is 48.4 Å². The van der Waals surface area contributed by atoms with E-state index in [0.717, 1.165) is 12.1 Å². The van der Waals surface area contributed by atoms with Gasteiger partial charge in [-0.15, -0.1) is 0 Å². The fourth-order valence-corrected chi connectivity index (χ4v) is 2.59. The van der Waals surface area contributed by atoms with Gasteiger partial charge in [0.25, 0.3) is 5.91 Å². The Labute approximate surface area is 164 Å². The summed E-state index contributed by atoms with van der Waals surface area (Å²) in [5.41, 5.74) is 2.85. The van der Waals surface area contributed by atoms with Crippen LogP contribution in [0.15, 0.2) is 66.9 Å². The van der Waals surface area contributed by atoms with Gasteiger partial charge in [0.15, 0.2) is 18.1 Å². The number of aromatic nitrogens is 1. The number of methoxy groups -OCH3 is 1. The number of hydrogen-bond donors (Lipinski definition) is 2. The zero-order valence-corrected chi connectivity index (χ0v) is 15.9. The number of amides is 1. The van der Waals surface area contributed by atoms with Gasteiger partial charge in [0.2, 0.25) is 0 Å². The Morgan fingerprint density at radius 1 is 0.964 bits per heavy atom. The number of nitrogens with zero attached hydrogens (tertiary/aromatic N) is 1. The van der Waals surface area contributed by atoms with Crippen molar-refractivity contribution in [3.05, 3.63) is 72.4 Å². The average Bonchev–Trinajstić information content (AvgIpc) is 2.74. The van der Waals surface area contributed by atoms with Crippen molar-refractivity contribution in [2.45, 2.75) is 13.3 Å². The van der Waals surface area contributed by atoms with E-state index in [1.54, 1.807) is 31.5 Å². The SMILES string of the molecule is CCc1ccc(Nc2ccc(NC(=O)COc3ccccc3OC)cn2)cc1. The maximum absolute atomic E-state index is 12.1. The lowest BCUT2D eigenvalue weighted by Gasteiger charge is -2.11. The highest BCUT2D eigenvalue weighted by atomic mass is 16.5. The summed E-state index contributed by atoms with van der Waals surface area (Å²) >= 11 is 0. The fraction of sp³-hybridized carbons (Fsp3) is 0.182. The summed E-state index contributed by atoms with van der Waals surface area (Å²) in [5, 5.41) is 5.99. The molecule has 0 unspecified atom stereocenters. The van der Waals surface area contributed by atoms with Gasteiger partial charge in [0.1, 0.15) is 5.82 Å². The first kappa shape index (κ1) is 19.2. The molecule has 144 valence electrons. The first-order valence-electron chi connectivity index (χ1n) is 9.05. The minimum atomic E-state index is -0.274. The molecule has 0 saturated carbocycles. The predicted octanol–water partition coefficient (Wildman–Crippen LogP) is 4.41. The molecule has 0 aliphatic carbocycles. The topological polar surface area (TPSA) is 72.5 Å². The number of aryl methyl sites for hydroxylation is 1. The van der Waals surface area contributed by atoms with Gasteiger partial charge in [0, 0.05) is 5.69 Å². The van der Waals surface area contributed by atoms with Crippen molar-refractivity contribution in [2.24, 2.45) is 0 Å². The lowest BCUT2D eigenvalue weighted by molar-refractivity contribution is -0.118. The van der Waals surface area contributed by atoms with Crippen molar-refractivity contribution in [1.82, 2.24) is 4.98 Å². The molecule has 0 spiro atoms. The van der Waals surface area contributed by atoms with Crippen LogP contribution in [0.1, 0.15) is 12.5 Å². The van der Waals surface area contributed by atoms with E-state index in [9.17, 15) is 4.79 Å². The second kappa shape index (κ2) is 9.41. The van der Waals surface area contributed by atoms with Crippen LogP contribution in [0.25, 0.3) is 0 Å². The Morgan fingerprint density at radius 2 is 1.68 bits per heavy atom. The molecular weight excluding hydrogens is 354 g/mol. The van der Waals surface area contributed by atoms with E-state index >= 15 is 0 Å². The minimum Gasteiger partial charge on any atom is -0.493 e. The number of carbonyl (C=O) groups excluding carboxylic acids is 1. The lowest BCUT2D eigenvalue weighted by atomic mass is 10.1. The van der Waals surface area contributed by atoms with Crippen molar-refractivity contribution in [2.75, 3.05) is 24.4 Å². The van der Waals surface area contributed by atoms with Crippen LogP contribution in [0.2, 0.25) is 0 Å². The number of pyridine rings is 1. The van der Waals surface area contributed by atoms with Gasteiger partial charge >= 0.3 is 0 Å².